The maximum Gasteiger partial charge on any atom is 0.279 e. The van der Waals surface area contributed by atoms with Crippen molar-refractivity contribution < 1.29 is 8.42 Å². The standard InChI is InChI=1S/C10H10BrClN4O2S/c11-8-3-7(1-2-9(8)12)16-19(17,18)10-6(4-13)5-14-15-10/h1-3,5,16H,4,13H2,(H,14,15). The van der Waals surface area contributed by atoms with E-state index in [4.69, 9.17) is 17.3 Å². The maximum atomic E-state index is 12.2. The van der Waals surface area contributed by atoms with Crippen molar-refractivity contribution in [2.24, 2.45) is 5.73 Å². The third-order valence-electron chi connectivity index (χ3n) is 2.34. The second-order valence-corrected chi connectivity index (χ2v) is 6.54. The topological polar surface area (TPSA) is 101 Å². The Morgan fingerprint density at radius 3 is 2.84 bits per heavy atom. The number of hydrogen-bond acceptors (Lipinski definition) is 4. The van der Waals surface area contributed by atoms with Gasteiger partial charge in [0.1, 0.15) is 0 Å². The lowest BCUT2D eigenvalue weighted by Gasteiger charge is -2.08. The molecule has 0 atom stereocenters. The molecule has 2 rings (SSSR count). The summed E-state index contributed by atoms with van der Waals surface area (Å²) in [6, 6.07) is 4.71. The predicted molar refractivity (Wildman–Crippen MR) is 76.4 cm³/mol. The van der Waals surface area contributed by atoms with Crippen LogP contribution in [0.3, 0.4) is 0 Å². The average Bonchev–Trinajstić information content (AvgIpc) is 2.82. The van der Waals surface area contributed by atoms with Crippen LogP contribution in [-0.2, 0) is 16.6 Å². The van der Waals surface area contributed by atoms with E-state index < -0.39 is 10.0 Å². The van der Waals surface area contributed by atoms with Crippen molar-refractivity contribution in [3.05, 3.63) is 39.5 Å². The Morgan fingerprint density at radius 2 is 2.21 bits per heavy atom. The third kappa shape index (κ3) is 3.08. The van der Waals surface area contributed by atoms with Crippen molar-refractivity contribution in [1.82, 2.24) is 10.2 Å². The van der Waals surface area contributed by atoms with Gasteiger partial charge in [0.15, 0.2) is 5.03 Å². The van der Waals surface area contributed by atoms with Crippen molar-refractivity contribution in [3.8, 4) is 0 Å². The first-order valence-electron chi connectivity index (χ1n) is 5.14. The molecule has 102 valence electrons. The lowest BCUT2D eigenvalue weighted by atomic mass is 10.3. The number of sulfonamides is 1. The number of hydrogen-bond donors (Lipinski definition) is 3. The molecular weight excluding hydrogens is 356 g/mol. The van der Waals surface area contributed by atoms with Crippen LogP contribution in [0.2, 0.25) is 5.02 Å². The minimum Gasteiger partial charge on any atom is -0.326 e. The molecule has 4 N–H and O–H groups in total. The van der Waals surface area contributed by atoms with Crippen LogP contribution < -0.4 is 10.5 Å². The first-order valence-corrected chi connectivity index (χ1v) is 7.79. The van der Waals surface area contributed by atoms with E-state index in [2.05, 4.69) is 30.8 Å². The zero-order chi connectivity index (χ0) is 14.0. The van der Waals surface area contributed by atoms with Gasteiger partial charge in [0.25, 0.3) is 10.0 Å². The van der Waals surface area contributed by atoms with Gasteiger partial charge in [-0.05, 0) is 34.1 Å². The van der Waals surface area contributed by atoms with E-state index in [1.807, 2.05) is 0 Å². The summed E-state index contributed by atoms with van der Waals surface area (Å²) in [4.78, 5) is 0. The Labute approximate surface area is 123 Å². The fraction of sp³-hybridized carbons (Fsp3) is 0.100. The van der Waals surface area contributed by atoms with Crippen molar-refractivity contribution >= 4 is 43.2 Å². The van der Waals surface area contributed by atoms with E-state index in [1.165, 1.54) is 6.20 Å². The molecule has 0 saturated carbocycles. The minimum absolute atomic E-state index is 0.0407. The molecule has 0 aliphatic heterocycles. The second-order valence-electron chi connectivity index (χ2n) is 3.66. The Balaban J connectivity index is 2.34. The fourth-order valence-electron chi connectivity index (χ4n) is 1.44. The highest BCUT2D eigenvalue weighted by Crippen LogP contribution is 2.27. The maximum absolute atomic E-state index is 12.2. The van der Waals surface area contributed by atoms with E-state index >= 15 is 0 Å². The molecule has 0 aliphatic carbocycles. The van der Waals surface area contributed by atoms with Gasteiger partial charge in [-0.3, -0.25) is 9.82 Å². The SMILES string of the molecule is NCc1cn[nH]c1S(=O)(=O)Nc1ccc(Cl)c(Br)c1. The molecule has 0 spiro atoms. The minimum atomic E-state index is -3.75. The van der Waals surface area contributed by atoms with E-state index in [0.29, 0.717) is 20.7 Å². The Morgan fingerprint density at radius 1 is 1.47 bits per heavy atom. The summed E-state index contributed by atoms with van der Waals surface area (Å²) in [5.74, 6) is 0. The number of nitrogens with one attached hydrogen (secondary N) is 2. The highest BCUT2D eigenvalue weighted by molar-refractivity contribution is 9.10. The zero-order valence-electron chi connectivity index (χ0n) is 9.52. The molecular formula is C10H10BrClN4O2S. The molecule has 1 aromatic carbocycles. The number of nitrogens with two attached hydrogens (primary N) is 1. The number of nitrogens with zero attached hydrogens (tertiary/aromatic N) is 1. The smallest absolute Gasteiger partial charge is 0.279 e. The fourth-order valence-corrected chi connectivity index (χ4v) is 3.13. The van der Waals surface area contributed by atoms with Gasteiger partial charge in [0.05, 0.1) is 16.9 Å². The highest BCUT2D eigenvalue weighted by Gasteiger charge is 2.20. The lowest BCUT2D eigenvalue weighted by molar-refractivity contribution is 0.596. The molecule has 0 aliphatic rings. The van der Waals surface area contributed by atoms with Gasteiger partial charge in [-0.2, -0.15) is 13.5 Å². The summed E-state index contributed by atoms with van der Waals surface area (Å²) in [7, 11) is -3.75. The molecule has 0 bridgehead atoms. The molecule has 0 unspecified atom stereocenters. The van der Waals surface area contributed by atoms with Crippen LogP contribution in [0, 0.1) is 0 Å². The third-order valence-corrected chi connectivity index (χ3v) is 4.95. The Bertz CT molecular complexity index is 701. The normalized spacial score (nSPS) is 11.5. The van der Waals surface area contributed by atoms with Crippen LogP contribution in [0.5, 0.6) is 0 Å². The summed E-state index contributed by atoms with van der Waals surface area (Å²) >= 11 is 9.07. The quantitative estimate of drug-likeness (QED) is 0.772. The Kier molecular flexibility index (Phi) is 4.14. The summed E-state index contributed by atoms with van der Waals surface area (Å²) in [5.41, 5.74) is 6.25. The monoisotopic (exact) mass is 364 g/mol. The number of halogens is 2. The number of anilines is 1. The van der Waals surface area contributed by atoms with E-state index in [1.54, 1.807) is 18.2 Å². The molecule has 9 heteroatoms. The predicted octanol–water partition coefficient (Wildman–Crippen LogP) is 2.09. The van der Waals surface area contributed by atoms with Gasteiger partial charge < -0.3 is 5.73 Å². The number of aromatic amines is 1. The van der Waals surface area contributed by atoms with Crippen molar-refractivity contribution in [2.75, 3.05) is 4.72 Å². The second kappa shape index (κ2) is 5.49. The van der Waals surface area contributed by atoms with Crippen molar-refractivity contribution in [2.45, 2.75) is 11.6 Å². The number of H-pyrrole nitrogens is 1. The van der Waals surface area contributed by atoms with Gasteiger partial charge in [0, 0.05) is 16.6 Å². The van der Waals surface area contributed by atoms with Crippen LogP contribution in [-0.4, -0.2) is 18.6 Å². The number of aromatic nitrogens is 2. The van der Waals surface area contributed by atoms with Crippen LogP contribution in [0.25, 0.3) is 0 Å². The van der Waals surface area contributed by atoms with Crippen molar-refractivity contribution in [3.63, 3.8) is 0 Å². The van der Waals surface area contributed by atoms with Crippen molar-refractivity contribution in [1.29, 1.82) is 0 Å². The van der Waals surface area contributed by atoms with Crippen LogP contribution in [0.4, 0.5) is 5.69 Å². The van der Waals surface area contributed by atoms with E-state index in [-0.39, 0.29) is 11.6 Å². The van der Waals surface area contributed by atoms with Gasteiger partial charge >= 0.3 is 0 Å². The Hall–Kier alpha value is -1.09. The van der Waals surface area contributed by atoms with Gasteiger partial charge in [-0.1, -0.05) is 11.6 Å². The first-order chi connectivity index (χ1) is 8.94. The molecule has 0 amide bonds. The summed E-state index contributed by atoms with van der Waals surface area (Å²) in [5, 5.41) is 6.56. The zero-order valence-corrected chi connectivity index (χ0v) is 12.7. The van der Waals surface area contributed by atoms with Gasteiger partial charge in [0.2, 0.25) is 0 Å². The molecule has 1 heterocycles. The molecule has 1 aromatic heterocycles. The first kappa shape index (κ1) is 14.3. The summed E-state index contributed by atoms with van der Waals surface area (Å²) in [6.07, 6.45) is 1.38. The highest BCUT2D eigenvalue weighted by atomic mass is 79.9. The average molecular weight is 366 g/mol. The molecule has 0 saturated heterocycles. The van der Waals surface area contributed by atoms with Crippen LogP contribution in [0.15, 0.2) is 33.9 Å². The summed E-state index contributed by atoms with van der Waals surface area (Å²) < 4.78 is 27.3. The molecule has 6 nitrogen and oxygen atoms in total. The summed E-state index contributed by atoms with van der Waals surface area (Å²) in [6.45, 7) is 0.0804. The number of benzene rings is 1. The molecule has 2 aromatic rings. The molecule has 19 heavy (non-hydrogen) atoms. The van der Waals surface area contributed by atoms with Gasteiger partial charge in [-0.15, -0.1) is 0 Å². The van der Waals surface area contributed by atoms with Crippen LogP contribution >= 0.6 is 27.5 Å². The van der Waals surface area contributed by atoms with Gasteiger partial charge in [-0.25, -0.2) is 0 Å². The van der Waals surface area contributed by atoms with E-state index in [0.717, 1.165) is 0 Å². The largest absolute Gasteiger partial charge is 0.326 e. The molecule has 0 radical (unpaired) electrons. The number of rotatable bonds is 4. The van der Waals surface area contributed by atoms with E-state index in [9.17, 15) is 8.42 Å². The van der Waals surface area contributed by atoms with Crippen LogP contribution in [0.1, 0.15) is 5.56 Å². The molecule has 0 fully saturated rings. The lowest BCUT2D eigenvalue weighted by Crippen LogP contribution is -2.16.